The van der Waals surface area contributed by atoms with Gasteiger partial charge in [-0.1, -0.05) is 29.4 Å². The number of benzene rings is 1. The predicted octanol–water partition coefficient (Wildman–Crippen LogP) is 1.33. The summed E-state index contributed by atoms with van der Waals surface area (Å²) in [6.45, 7) is 2.86. The van der Waals surface area contributed by atoms with Crippen LogP contribution < -0.4 is 5.73 Å². The van der Waals surface area contributed by atoms with E-state index in [1.807, 2.05) is 25.1 Å². The Morgan fingerprint density at radius 3 is 2.82 bits per heavy atom. The lowest BCUT2D eigenvalue weighted by molar-refractivity contribution is -0.000177. The van der Waals surface area contributed by atoms with Crippen LogP contribution in [-0.4, -0.2) is 30.9 Å². The zero-order valence-electron chi connectivity index (χ0n) is 10.1. The van der Waals surface area contributed by atoms with E-state index in [2.05, 4.69) is 5.16 Å². The average molecular weight is 238 g/mol. The largest absolute Gasteiger partial charge is 0.409 e. The molecule has 0 fully saturated rings. The first-order valence-electron chi connectivity index (χ1n) is 5.35. The summed E-state index contributed by atoms with van der Waals surface area (Å²) in [5.74, 6) is 0.0867. The van der Waals surface area contributed by atoms with Crippen LogP contribution in [0.15, 0.2) is 29.4 Å². The zero-order valence-corrected chi connectivity index (χ0v) is 10.1. The van der Waals surface area contributed by atoms with Crippen molar-refractivity contribution in [2.75, 3.05) is 13.7 Å². The molecular formula is C12H18N2O3. The molecule has 0 saturated heterocycles. The molecular weight excluding hydrogens is 220 g/mol. The van der Waals surface area contributed by atoms with Gasteiger partial charge in [0.15, 0.2) is 5.84 Å². The van der Waals surface area contributed by atoms with Gasteiger partial charge in [-0.15, -0.1) is 0 Å². The lowest BCUT2D eigenvalue weighted by Gasteiger charge is -2.13. The Balaban J connectivity index is 2.71. The molecule has 94 valence electrons. The van der Waals surface area contributed by atoms with Gasteiger partial charge in [-0.05, 0) is 12.5 Å². The van der Waals surface area contributed by atoms with Crippen molar-refractivity contribution in [3.63, 3.8) is 0 Å². The minimum atomic E-state index is 0.000320. The van der Waals surface area contributed by atoms with Crippen molar-refractivity contribution in [3.8, 4) is 0 Å². The third-order valence-electron chi connectivity index (χ3n) is 2.33. The molecule has 0 aromatic heterocycles. The Morgan fingerprint density at radius 1 is 1.47 bits per heavy atom. The number of nitrogens with zero attached hydrogens (tertiary/aromatic N) is 1. The number of hydrogen-bond donors (Lipinski definition) is 2. The number of hydrogen-bond acceptors (Lipinski definition) is 4. The quantitative estimate of drug-likeness (QED) is 0.339. The normalized spacial score (nSPS) is 13.6. The fraction of sp³-hybridized carbons (Fsp3) is 0.417. The molecule has 0 saturated carbocycles. The Kier molecular flexibility index (Phi) is 5.45. The summed E-state index contributed by atoms with van der Waals surface area (Å²) in [6, 6.07) is 7.38. The number of rotatable bonds is 6. The molecule has 5 nitrogen and oxygen atoms in total. The molecule has 0 amide bonds. The van der Waals surface area contributed by atoms with Crippen LogP contribution in [0.25, 0.3) is 0 Å². The summed E-state index contributed by atoms with van der Waals surface area (Å²) in [7, 11) is 1.63. The molecule has 1 rings (SSSR count). The highest BCUT2D eigenvalue weighted by Gasteiger charge is 2.08. The van der Waals surface area contributed by atoms with Gasteiger partial charge >= 0.3 is 0 Å². The molecule has 0 heterocycles. The van der Waals surface area contributed by atoms with Crippen molar-refractivity contribution in [1.29, 1.82) is 0 Å². The van der Waals surface area contributed by atoms with Gasteiger partial charge in [0.1, 0.15) is 0 Å². The zero-order chi connectivity index (χ0) is 12.7. The highest BCUT2D eigenvalue weighted by molar-refractivity contribution is 5.98. The third kappa shape index (κ3) is 4.05. The van der Waals surface area contributed by atoms with Crippen LogP contribution in [0.1, 0.15) is 18.1 Å². The molecule has 1 atom stereocenters. The number of nitrogens with two attached hydrogens (primary N) is 1. The van der Waals surface area contributed by atoms with Crippen molar-refractivity contribution in [2.45, 2.75) is 19.6 Å². The lowest BCUT2D eigenvalue weighted by atomic mass is 10.1. The number of ether oxygens (including phenoxy) is 2. The van der Waals surface area contributed by atoms with Crippen LogP contribution in [-0.2, 0) is 16.1 Å². The lowest BCUT2D eigenvalue weighted by Crippen LogP contribution is -2.18. The third-order valence-corrected chi connectivity index (χ3v) is 2.33. The topological polar surface area (TPSA) is 77.1 Å². The van der Waals surface area contributed by atoms with Crippen LogP contribution in [0.2, 0.25) is 0 Å². The van der Waals surface area contributed by atoms with E-state index in [4.69, 9.17) is 20.4 Å². The van der Waals surface area contributed by atoms with Crippen molar-refractivity contribution in [3.05, 3.63) is 35.4 Å². The van der Waals surface area contributed by atoms with E-state index in [0.29, 0.717) is 18.8 Å². The van der Waals surface area contributed by atoms with Crippen molar-refractivity contribution >= 4 is 5.84 Å². The molecule has 0 aliphatic rings. The fourth-order valence-corrected chi connectivity index (χ4v) is 1.46. The standard InChI is InChI=1S/C12H18N2O3/c1-9(7-16-2)17-8-10-5-3-4-6-11(10)12(13)14-15/h3-6,9,15H,7-8H2,1-2H3,(H2,13,14). The maximum Gasteiger partial charge on any atom is 0.170 e. The SMILES string of the molecule is COCC(C)OCc1ccccc1C(N)=NO. The van der Waals surface area contributed by atoms with E-state index in [0.717, 1.165) is 5.56 Å². The minimum absolute atomic E-state index is 0.000320. The molecule has 17 heavy (non-hydrogen) atoms. The van der Waals surface area contributed by atoms with Gasteiger partial charge < -0.3 is 20.4 Å². The molecule has 1 unspecified atom stereocenters. The van der Waals surface area contributed by atoms with Gasteiger partial charge in [-0.25, -0.2) is 0 Å². The van der Waals surface area contributed by atoms with Crippen LogP contribution >= 0.6 is 0 Å². The van der Waals surface area contributed by atoms with Crippen molar-refractivity contribution in [2.24, 2.45) is 10.9 Å². The van der Waals surface area contributed by atoms with E-state index in [-0.39, 0.29) is 11.9 Å². The second-order valence-electron chi connectivity index (χ2n) is 3.72. The Hall–Kier alpha value is -1.59. The molecule has 1 aromatic rings. The van der Waals surface area contributed by atoms with Crippen molar-refractivity contribution in [1.82, 2.24) is 0 Å². The molecule has 0 spiro atoms. The number of methoxy groups -OCH3 is 1. The van der Waals surface area contributed by atoms with Gasteiger partial charge in [-0.3, -0.25) is 0 Å². The van der Waals surface area contributed by atoms with E-state index in [1.165, 1.54) is 0 Å². The van der Waals surface area contributed by atoms with Gasteiger partial charge in [0, 0.05) is 12.7 Å². The highest BCUT2D eigenvalue weighted by atomic mass is 16.5. The summed E-state index contributed by atoms with van der Waals surface area (Å²) in [4.78, 5) is 0. The van der Waals surface area contributed by atoms with Crippen LogP contribution in [0, 0.1) is 0 Å². The first-order valence-corrected chi connectivity index (χ1v) is 5.35. The van der Waals surface area contributed by atoms with Gasteiger partial charge in [0.05, 0.1) is 19.3 Å². The molecule has 5 heteroatoms. The van der Waals surface area contributed by atoms with Crippen LogP contribution in [0.4, 0.5) is 0 Å². The Labute approximate surface area is 101 Å². The Bertz CT molecular complexity index is 380. The van der Waals surface area contributed by atoms with E-state index in [1.54, 1.807) is 13.2 Å². The predicted molar refractivity (Wildman–Crippen MR) is 65.1 cm³/mol. The summed E-state index contributed by atoms with van der Waals surface area (Å²) in [5, 5.41) is 11.7. The molecule has 0 bridgehead atoms. The maximum atomic E-state index is 8.68. The van der Waals surface area contributed by atoms with E-state index < -0.39 is 0 Å². The first-order chi connectivity index (χ1) is 8.19. The molecule has 3 N–H and O–H groups in total. The van der Waals surface area contributed by atoms with Crippen molar-refractivity contribution < 1.29 is 14.7 Å². The number of amidine groups is 1. The van der Waals surface area contributed by atoms with Gasteiger partial charge in [0.2, 0.25) is 0 Å². The molecule has 1 aromatic carbocycles. The average Bonchev–Trinajstić information content (AvgIpc) is 2.36. The molecule has 0 radical (unpaired) electrons. The summed E-state index contributed by atoms with van der Waals surface area (Å²) in [6.07, 6.45) is 0.000320. The summed E-state index contributed by atoms with van der Waals surface area (Å²) < 4.78 is 10.6. The maximum absolute atomic E-state index is 8.68. The second-order valence-corrected chi connectivity index (χ2v) is 3.72. The second kappa shape index (κ2) is 6.88. The Morgan fingerprint density at radius 2 is 2.18 bits per heavy atom. The van der Waals surface area contributed by atoms with E-state index in [9.17, 15) is 0 Å². The first kappa shape index (κ1) is 13.5. The highest BCUT2D eigenvalue weighted by Crippen LogP contribution is 2.11. The summed E-state index contributed by atoms with van der Waals surface area (Å²) in [5.41, 5.74) is 7.14. The summed E-state index contributed by atoms with van der Waals surface area (Å²) >= 11 is 0. The smallest absolute Gasteiger partial charge is 0.170 e. The number of oxime groups is 1. The van der Waals surface area contributed by atoms with Crippen LogP contribution in [0.3, 0.4) is 0 Å². The minimum Gasteiger partial charge on any atom is -0.409 e. The van der Waals surface area contributed by atoms with Gasteiger partial charge in [0.25, 0.3) is 0 Å². The monoisotopic (exact) mass is 238 g/mol. The van der Waals surface area contributed by atoms with E-state index >= 15 is 0 Å². The molecule has 0 aliphatic heterocycles. The molecule has 0 aliphatic carbocycles. The van der Waals surface area contributed by atoms with Gasteiger partial charge in [-0.2, -0.15) is 0 Å². The van der Waals surface area contributed by atoms with Crippen LogP contribution in [0.5, 0.6) is 0 Å². The fourth-order valence-electron chi connectivity index (χ4n) is 1.46.